The fraction of sp³-hybridized carbons (Fsp3) is 0.625. The van der Waals surface area contributed by atoms with E-state index in [2.05, 4.69) is 27.5 Å². The fourth-order valence-electron chi connectivity index (χ4n) is 4.16. The van der Waals surface area contributed by atoms with Crippen LogP contribution in [0.3, 0.4) is 0 Å². The second-order valence-electron chi connectivity index (χ2n) is 9.44. The topological polar surface area (TPSA) is 91.0 Å². The van der Waals surface area contributed by atoms with Gasteiger partial charge in [0, 0.05) is 43.3 Å². The van der Waals surface area contributed by atoms with Gasteiger partial charge in [0.2, 0.25) is 5.91 Å². The number of ketones is 1. The van der Waals surface area contributed by atoms with Crippen LogP contribution >= 0.6 is 0 Å². The number of benzene rings is 1. The molecule has 1 aromatic rings. The molecule has 3 rings (SSSR count). The Balaban J connectivity index is 1.63. The molecular weight excluding hydrogens is 408 g/mol. The van der Waals surface area contributed by atoms with E-state index in [-0.39, 0.29) is 36.0 Å². The van der Waals surface area contributed by atoms with E-state index in [1.807, 2.05) is 32.9 Å². The van der Waals surface area contributed by atoms with Crippen molar-refractivity contribution in [2.75, 3.05) is 51.3 Å². The Kier molecular flexibility index (Phi) is 8.26. The zero-order chi connectivity index (χ0) is 23.3. The number of ether oxygens (including phenoxy) is 1. The monoisotopic (exact) mass is 444 g/mol. The molecule has 2 heterocycles. The smallest absolute Gasteiger partial charge is 0.251 e. The molecule has 1 aromatic carbocycles. The van der Waals surface area contributed by atoms with Crippen molar-refractivity contribution in [3.05, 3.63) is 29.8 Å². The van der Waals surface area contributed by atoms with Crippen molar-refractivity contribution >= 4 is 23.3 Å². The SMILES string of the molecule is CC(C)CC(NC(=O)c1ccc(N2CCN(C)CC2)cc1)C(=O)N[C@@H]1C(=O)COC[C@H]1C. The highest BCUT2D eigenvalue weighted by molar-refractivity contribution is 5.99. The zero-order valence-corrected chi connectivity index (χ0v) is 19.6. The van der Waals surface area contributed by atoms with Crippen LogP contribution in [0.2, 0.25) is 0 Å². The highest BCUT2D eigenvalue weighted by Gasteiger charge is 2.33. The molecule has 0 radical (unpaired) electrons. The number of likely N-dealkylation sites (N-methyl/N-ethyl adjacent to an activating group) is 1. The Labute approximate surface area is 190 Å². The molecule has 2 saturated heterocycles. The van der Waals surface area contributed by atoms with Crippen molar-refractivity contribution in [3.63, 3.8) is 0 Å². The lowest BCUT2D eigenvalue weighted by Crippen LogP contribution is -2.56. The summed E-state index contributed by atoms with van der Waals surface area (Å²) in [5, 5.41) is 5.72. The average Bonchev–Trinajstić information content (AvgIpc) is 2.76. The molecule has 0 saturated carbocycles. The number of nitrogens with zero attached hydrogens (tertiary/aromatic N) is 2. The van der Waals surface area contributed by atoms with Gasteiger partial charge in [-0.25, -0.2) is 0 Å². The lowest BCUT2D eigenvalue weighted by atomic mass is 9.95. The van der Waals surface area contributed by atoms with E-state index in [1.54, 1.807) is 12.1 Å². The van der Waals surface area contributed by atoms with Crippen LogP contribution in [0.1, 0.15) is 37.6 Å². The van der Waals surface area contributed by atoms with Gasteiger partial charge in [-0.2, -0.15) is 0 Å². The van der Waals surface area contributed by atoms with Gasteiger partial charge < -0.3 is 25.2 Å². The van der Waals surface area contributed by atoms with E-state index >= 15 is 0 Å². The molecule has 8 heteroatoms. The highest BCUT2D eigenvalue weighted by Crippen LogP contribution is 2.18. The van der Waals surface area contributed by atoms with Crippen molar-refractivity contribution in [1.82, 2.24) is 15.5 Å². The zero-order valence-electron chi connectivity index (χ0n) is 19.6. The fourth-order valence-corrected chi connectivity index (χ4v) is 4.16. The van der Waals surface area contributed by atoms with E-state index < -0.39 is 12.1 Å². The summed E-state index contributed by atoms with van der Waals surface area (Å²) in [4.78, 5) is 42.6. The maximum absolute atomic E-state index is 13.0. The third-order valence-electron chi connectivity index (χ3n) is 6.17. The molecule has 1 unspecified atom stereocenters. The lowest BCUT2D eigenvalue weighted by molar-refractivity contribution is -0.137. The van der Waals surface area contributed by atoms with Gasteiger partial charge in [-0.3, -0.25) is 14.4 Å². The maximum atomic E-state index is 13.0. The van der Waals surface area contributed by atoms with Gasteiger partial charge in [-0.1, -0.05) is 20.8 Å². The van der Waals surface area contributed by atoms with Gasteiger partial charge in [-0.15, -0.1) is 0 Å². The number of carbonyl (C=O) groups excluding carboxylic acids is 3. The van der Waals surface area contributed by atoms with E-state index in [0.29, 0.717) is 18.6 Å². The molecule has 8 nitrogen and oxygen atoms in total. The maximum Gasteiger partial charge on any atom is 0.251 e. The van der Waals surface area contributed by atoms with Crippen LogP contribution in [-0.4, -0.2) is 81.0 Å². The summed E-state index contributed by atoms with van der Waals surface area (Å²) < 4.78 is 5.24. The number of nitrogens with one attached hydrogen (secondary N) is 2. The van der Waals surface area contributed by atoms with Crippen molar-refractivity contribution in [2.24, 2.45) is 11.8 Å². The summed E-state index contributed by atoms with van der Waals surface area (Å²) in [6.07, 6.45) is 0.489. The molecule has 3 atom stereocenters. The number of Topliss-reactive ketones (excluding diaryl/α,β-unsaturated/α-hetero) is 1. The number of hydrogen-bond acceptors (Lipinski definition) is 6. The van der Waals surface area contributed by atoms with Crippen molar-refractivity contribution in [2.45, 2.75) is 39.3 Å². The Bertz CT molecular complexity index is 803. The molecule has 2 N–H and O–H groups in total. The summed E-state index contributed by atoms with van der Waals surface area (Å²) in [5.41, 5.74) is 1.61. The minimum atomic E-state index is -0.706. The second kappa shape index (κ2) is 10.9. The third-order valence-corrected chi connectivity index (χ3v) is 6.17. The number of rotatable bonds is 7. The van der Waals surface area contributed by atoms with E-state index in [4.69, 9.17) is 4.74 Å². The number of anilines is 1. The largest absolute Gasteiger partial charge is 0.373 e. The van der Waals surface area contributed by atoms with Gasteiger partial charge in [0.05, 0.1) is 12.6 Å². The molecule has 0 aromatic heterocycles. The van der Waals surface area contributed by atoms with Crippen molar-refractivity contribution in [3.8, 4) is 0 Å². The van der Waals surface area contributed by atoms with Crippen LogP contribution in [0.4, 0.5) is 5.69 Å². The molecule has 0 bridgehead atoms. The lowest BCUT2D eigenvalue weighted by Gasteiger charge is -2.34. The predicted octanol–water partition coefficient (Wildman–Crippen LogP) is 1.30. The molecule has 0 aliphatic carbocycles. The van der Waals surface area contributed by atoms with Gasteiger partial charge in [0.1, 0.15) is 12.6 Å². The number of hydrogen-bond donors (Lipinski definition) is 2. The van der Waals surface area contributed by atoms with Gasteiger partial charge >= 0.3 is 0 Å². The Morgan fingerprint density at radius 3 is 2.38 bits per heavy atom. The Morgan fingerprint density at radius 1 is 1.12 bits per heavy atom. The van der Waals surface area contributed by atoms with Crippen LogP contribution in [0, 0.1) is 11.8 Å². The van der Waals surface area contributed by atoms with Gasteiger partial charge in [0.15, 0.2) is 5.78 Å². The first-order valence-corrected chi connectivity index (χ1v) is 11.5. The highest BCUT2D eigenvalue weighted by atomic mass is 16.5. The third kappa shape index (κ3) is 6.29. The van der Waals surface area contributed by atoms with Crippen molar-refractivity contribution in [1.29, 1.82) is 0 Å². The summed E-state index contributed by atoms with van der Waals surface area (Å²) in [5.74, 6) is -0.646. The minimum absolute atomic E-state index is 0.0101. The molecular formula is C24H36N4O4. The van der Waals surface area contributed by atoms with Crippen LogP contribution in [0.5, 0.6) is 0 Å². The average molecular weight is 445 g/mol. The molecule has 2 fully saturated rings. The first-order chi connectivity index (χ1) is 15.2. The molecule has 0 spiro atoms. The van der Waals surface area contributed by atoms with Crippen LogP contribution < -0.4 is 15.5 Å². The van der Waals surface area contributed by atoms with E-state index in [9.17, 15) is 14.4 Å². The van der Waals surface area contributed by atoms with Crippen LogP contribution in [0.15, 0.2) is 24.3 Å². The minimum Gasteiger partial charge on any atom is -0.373 e. The summed E-state index contributed by atoms with van der Waals surface area (Å²) in [7, 11) is 2.12. The first kappa shape index (κ1) is 24.2. The number of carbonyl (C=O) groups is 3. The summed E-state index contributed by atoms with van der Waals surface area (Å²) in [6.45, 7) is 10.3. The van der Waals surface area contributed by atoms with Gasteiger partial charge in [0.25, 0.3) is 5.91 Å². The number of piperazine rings is 1. The standard InChI is InChI=1S/C24H36N4O4/c1-16(2)13-20(24(31)26-22-17(3)14-32-15-21(22)29)25-23(30)18-5-7-19(8-6-18)28-11-9-27(4)10-12-28/h5-8,16-17,20,22H,9-15H2,1-4H3,(H,25,30)(H,26,31)/t17-,20?,22+/m1/s1. The second-order valence-corrected chi connectivity index (χ2v) is 9.44. The Morgan fingerprint density at radius 2 is 1.78 bits per heavy atom. The van der Waals surface area contributed by atoms with E-state index in [1.165, 1.54) is 0 Å². The quantitative estimate of drug-likeness (QED) is 0.659. The normalized spacial score (nSPS) is 23.2. The van der Waals surface area contributed by atoms with E-state index in [0.717, 1.165) is 31.9 Å². The summed E-state index contributed by atoms with van der Waals surface area (Å²) >= 11 is 0. The molecule has 32 heavy (non-hydrogen) atoms. The summed E-state index contributed by atoms with van der Waals surface area (Å²) in [6, 6.07) is 6.24. The van der Waals surface area contributed by atoms with Crippen LogP contribution in [-0.2, 0) is 14.3 Å². The molecule has 2 aliphatic rings. The van der Waals surface area contributed by atoms with Crippen molar-refractivity contribution < 1.29 is 19.1 Å². The molecule has 2 aliphatic heterocycles. The predicted molar refractivity (Wildman–Crippen MR) is 124 cm³/mol. The molecule has 2 amide bonds. The Hall–Kier alpha value is -2.45. The first-order valence-electron chi connectivity index (χ1n) is 11.5. The molecule has 176 valence electrons. The number of amides is 2. The van der Waals surface area contributed by atoms with Gasteiger partial charge in [-0.05, 0) is 43.7 Å². The van der Waals surface area contributed by atoms with Crippen LogP contribution in [0.25, 0.3) is 0 Å².